The van der Waals surface area contributed by atoms with Crippen LogP contribution in [-0.2, 0) is 0 Å². The summed E-state index contributed by atoms with van der Waals surface area (Å²) in [5, 5.41) is 11.5. The Morgan fingerprint density at radius 3 is 2.14 bits per heavy atom. The number of piperidine rings is 1. The molecule has 0 bridgehead atoms. The molecule has 0 saturated carbocycles. The number of nitrogens with zero attached hydrogens (tertiary/aromatic N) is 3. The van der Waals surface area contributed by atoms with Gasteiger partial charge >= 0.3 is 0 Å². The Morgan fingerprint density at radius 2 is 1.64 bits per heavy atom. The molecule has 0 spiro atoms. The summed E-state index contributed by atoms with van der Waals surface area (Å²) in [6.45, 7) is 6.29. The minimum absolute atomic E-state index is 0. The van der Waals surface area contributed by atoms with E-state index in [2.05, 4.69) is 20.1 Å². The van der Waals surface area contributed by atoms with Gasteiger partial charge in [0.1, 0.15) is 11.6 Å². The monoisotopic (exact) mass is 197 g/mol. The van der Waals surface area contributed by atoms with Gasteiger partial charge in [0, 0.05) is 6.04 Å². The van der Waals surface area contributed by atoms with Crippen LogP contribution in [0.15, 0.2) is 0 Å². The summed E-state index contributed by atoms with van der Waals surface area (Å²) >= 11 is 0. The molecule has 1 aliphatic heterocycles. The van der Waals surface area contributed by atoms with Crippen LogP contribution in [0, 0.1) is 13.8 Å². The van der Waals surface area contributed by atoms with Crippen LogP contribution in [0.25, 0.3) is 0 Å². The molecule has 5 nitrogen and oxygen atoms in total. The van der Waals surface area contributed by atoms with Crippen molar-refractivity contribution in [1.82, 2.24) is 26.2 Å². The third-order valence-corrected chi connectivity index (χ3v) is 2.71. The van der Waals surface area contributed by atoms with Crippen molar-refractivity contribution in [3.05, 3.63) is 11.6 Å². The number of nitrogens with one attached hydrogen (secondary N) is 1. The highest BCUT2D eigenvalue weighted by Gasteiger charge is 2.18. The van der Waals surface area contributed by atoms with Gasteiger partial charge in [0.2, 0.25) is 0 Å². The van der Waals surface area contributed by atoms with Gasteiger partial charge in [-0.15, -0.1) is 10.2 Å². The Hall–Kier alpha value is -0.940. The fourth-order valence-electron chi connectivity index (χ4n) is 2.07. The van der Waals surface area contributed by atoms with E-state index in [0.29, 0.717) is 6.04 Å². The SMILES string of the molecule is Cc1nnc(C)n1C1CCNCC1.N. The predicted molar refractivity (Wildman–Crippen MR) is 55.7 cm³/mol. The molecule has 0 unspecified atom stereocenters. The predicted octanol–water partition coefficient (Wildman–Crippen LogP) is 0.981. The maximum absolute atomic E-state index is 4.08. The Bertz CT molecular complexity index is 268. The van der Waals surface area contributed by atoms with E-state index in [1.54, 1.807) is 0 Å². The quantitative estimate of drug-likeness (QED) is 0.703. The van der Waals surface area contributed by atoms with Crippen LogP contribution in [0.1, 0.15) is 30.5 Å². The molecule has 0 atom stereocenters. The molecule has 1 aliphatic rings. The lowest BCUT2D eigenvalue weighted by Gasteiger charge is -2.25. The molecule has 1 saturated heterocycles. The number of aryl methyl sites for hydroxylation is 2. The minimum atomic E-state index is 0. The van der Waals surface area contributed by atoms with Crippen LogP contribution in [0.5, 0.6) is 0 Å². The van der Waals surface area contributed by atoms with E-state index >= 15 is 0 Å². The summed E-state index contributed by atoms with van der Waals surface area (Å²) in [4.78, 5) is 0. The van der Waals surface area contributed by atoms with Gasteiger partial charge in [0.05, 0.1) is 0 Å². The molecule has 80 valence electrons. The van der Waals surface area contributed by atoms with Gasteiger partial charge in [-0.3, -0.25) is 0 Å². The fraction of sp³-hybridized carbons (Fsp3) is 0.778. The standard InChI is InChI=1S/C9H16N4.H3N/c1-7-11-12-8(2)13(7)9-3-5-10-6-4-9;/h9-10H,3-6H2,1-2H3;1H3. The lowest BCUT2D eigenvalue weighted by molar-refractivity contribution is 0.358. The molecule has 0 aliphatic carbocycles. The van der Waals surface area contributed by atoms with E-state index in [4.69, 9.17) is 0 Å². The Kier molecular flexibility index (Phi) is 3.60. The average Bonchev–Trinajstić information content (AvgIpc) is 2.48. The fourth-order valence-corrected chi connectivity index (χ4v) is 2.07. The molecule has 5 heteroatoms. The van der Waals surface area contributed by atoms with Gasteiger partial charge < -0.3 is 16.0 Å². The summed E-state index contributed by atoms with van der Waals surface area (Å²) < 4.78 is 2.26. The van der Waals surface area contributed by atoms with E-state index < -0.39 is 0 Å². The van der Waals surface area contributed by atoms with Crippen LogP contribution in [0.2, 0.25) is 0 Å². The molecule has 0 radical (unpaired) electrons. The van der Waals surface area contributed by atoms with E-state index in [0.717, 1.165) is 24.7 Å². The summed E-state index contributed by atoms with van der Waals surface area (Å²) in [6, 6.07) is 0.608. The molecule has 0 amide bonds. The maximum Gasteiger partial charge on any atom is 0.130 e. The van der Waals surface area contributed by atoms with Gasteiger partial charge in [0.15, 0.2) is 0 Å². The molecule has 0 aromatic carbocycles. The molecular weight excluding hydrogens is 178 g/mol. The second kappa shape index (κ2) is 4.52. The topological polar surface area (TPSA) is 77.7 Å². The first-order valence-electron chi connectivity index (χ1n) is 4.88. The van der Waals surface area contributed by atoms with Crippen molar-refractivity contribution < 1.29 is 0 Å². The Balaban J connectivity index is 0.000000980. The molecule has 2 heterocycles. The first-order valence-corrected chi connectivity index (χ1v) is 4.88. The van der Waals surface area contributed by atoms with Crippen molar-refractivity contribution >= 4 is 0 Å². The molecule has 2 rings (SSSR count). The molecule has 4 N–H and O–H groups in total. The molecular formula is C9H19N5. The third kappa shape index (κ3) is 1.93. The van der Waals surface area contributed by atoms with E-state index in [1.165, 1.54) is 12.8 Å². The summed E-state index contributed by atoms with van der Waals surface area (Å²) in [5.41, 5.74) is 0. The van der Waals surface area contributed by atoms with Gasteiger partial charge in [-0.05, 0) is 39.8 Å². The smallest absolute Gasteiger partial charge is 0.130 e. The summed E-state index contributed by atoms with van der Waals surface area (Å²) in [7, 11) is 0. The van der Waals surface area contributed by atoms with Crippen molar-refractivity contribution in [1.29, 1.82) is 0 Å². The van der Waals surface area contributed by atoms with Gasteiger partial charge in [-0.25, -0.2) is 0 Å². The van der Waals surface area contributed by atoms with Crippen LogP contribution >= 0.6 is 0 Å². The molecule has 1 aromatic rings. The maximum atomic E-state index is 4.08. The largest absolute Gasteiger partial charge is 0.344 e. The highest BCUT2D eigenvalue weighted by molar-refractivity contribution is 4.95. The second-order valence-corrected chi connectivity index (χ2v) is 3.65. The summed E-state index contributed by atoms with van der Waals surface area (Å²) in [5.74, 6) is 2.09. The highest BCUT2D eigenvalue weighted by Crippen LogP contribution is 2.20. The van der Waals surface area contributed by atoms with Gasteiger partial charge in [0.25, 0.3) is 0 Å². The first-order chi connectivity index (χ1) is 6.29. The molecule has 1 aromatic heterocycles. The number of aromatic nitrogens is 3. The normalized spacial score (nSPS) is 17.9. The van der Waals surface area contributed by atoms with Gasteiger partial charge in [-0.2, -0.15) is 0 Å². The average molecular weight is 197 g/mol. The van der Waals surface area contributed by atoms with Crippen molar-refractivity contribution in [3.8, 4) is 0 Å². The van der Waals surface area contributed by atoms with Crippen molar-refractivity contribution in [2.24, 2.45) is 0 Å². The first kappa shape index (κ1) is 11.1. The van der Waals surface area contributed by atoms with Crippen molar-refractivity contribution in [2.45, 2.75) is 32.7 Å². The molecule has 1 fully saturated rings. The van der Waals surface area contributed by atoms with E-state index in [-0.39, 0.29) is 6.15 Å². The van der Waals surface area contributed by atoms with E-state index in [9.17, 15) is 0 Å². The van der Waals surface area contributed by atoms with Crippen LogP contribution in [-0.4, -0.2) is 27.9 Å². The number of rotatable bonds is 1. The Labute approximate surface area is 84.5 Å². The lowest BCUT2D eigenvalue weighted by atomic mass is 10.1. The van der Waals surface area contributed by atoms with Crippen LogP contribution < -0.4 is 11.5 Å². The lowest BCUT2D eigenvalue weighted by Crippen LogP contribution is -2.30. The van der Waals surface area contributed by atoms with Gasteiger partial charge in [-0.1, -0.05) is 0 Å². The third-order valence-electron chi connectivity index (χ3n) is 2.71. The van der Waals surface area contributed by atoms with Crippen LogP contribution in [0.4, 0.5) is 0 Å². The van der Waals surface area contributed by atoms with Crippen molar-refractivity contribution in [3.63, 3.8) is 0 Å². The zero-order valence-corrected chi connectivity index (χ0v) is 8.95. The van der Waals surface area contributed by atoms with Crippen LogP contribution in [0.3, 0.4) is 0 Å². The Morgan fingerprint density at radius 1 is 1.14 bits per heavy atom. The highest BCUT2D eigenvalue weighted by atomic mass is 15.3. The number of hydrogen-bond donors (Lipinski definition) is 2. The zero-order valence-electron chi connectivity index (χ0n) is 8.95. The van der Waals surface area contributed by atoms with E-state index in [1.807, 2.05) is 13.8 Å². The summed E-state index contributed by atoms with van der Waals surface area (Å²) in [6.07, 6.45) is 2.39. The van der Waals surface area contributed by atoms with Crippen molar-refractivity contribution in [2.75, 3.05) is 13.1 Å². The zero-order chi connectivity index (χ0) is 9.26. The molecule has 14 heavy (non-hydrogen) atoms. The number of hydrogen-bond acceptors (Lipinski definition) is 4. The second-order valence-electron chi connectivity index (χ2n) is 3.65. The minimum Gasteiger partial charge on any atom is -0.344 e.